The van der Waals surface area contributed by atoms with Crippen molar-refractivity contribution in [3.05, 3.63) is 24.3 Å². The first-order valence-corrected chi connectivity index (χ1v) is 3.65. The molecule has 1 N–H and O–H groups in total. The molecule has 1 unspecified atom stereocenters. The van der Waals surface area contributed by atoms with Crippen LogP contribution in [0.5, 0.6) is 0 Å². The van der Waals surface area contributed by atoms with Crippen molar-refractivity contribution in [1.82, 2.24) is 9.97 Å². The fourth-order valence-electron chi connectivity index (χ4n) is 0.357. The van der Waals surface area contributed by atoms with E-state index in [1.165, 1.54) is 6.33 Å². The third-order valence-electron chi connectivity index (χ3n) is 1.07. The van der Waals surface area contributed by atoms with E-state index in [9.17, 15) is 9.90 Å². The minimum atomic E-state index is -1.44. The van der Waals surface area contributed by atoms with Crippen LogP contribution in [0.4, 0.5) is 0 Å². The van der Waals surface area contributed by atoms with Crippen molar-refractivity contribution in [3.8, 4) is 0 Å². The van der Waals surface area contributed by atoms with E-state index in [0.717, 1.165) is 12.6 Å². The SMILES string of the molecule is CC(O)C(=O)[O-].Cc1ccncn1.[Ag+]. The first kappa shape index (κ1) is 15.7. The largest absolute Gasteiger partial charge is 1.00 e. The molecule has 82 valence electrons. The Kier molecular flexibility index (Phi) is 9.91. The fraction of sp³-hybridized carbons (Fsp3) is 0.375. The molecule has 0 aliphatic heterocycles. The zero-order valence-corrected chi connectivity index (χ0v) is 9.25. The Hall–Kier alpha value is -0.750. The molecule has 0 fully saturated rings. The number of hydrogen-bond donors (Lipinski definition) is 1. The number of aromatic nitrogens is 2. The van der Waals surface area contributed by atoms with E-state index in [-0.39, 0.29) is 22.4 Å². The standard InChI is InChI=1S/C5H6N2.C3H6O3.Ag/c1-5-2-3-6-4-7-5;1-2(4)3(5)6;/h2-4H,1H3;2,4H,1H3,(H,5,6);/q;;+1/p-1. The number of carbonyl (C=O) groups is 1. The van der Waals surface area contributed by atoms with Gasteiger partial charge >= 0.3 is 22.4 Å². The summed E-state index contributed by atoms with van der Waals surface area (Å²) in [5.41, 5.74) is 1.01. The number of carboxylic acid groups (broad SMARTS) is 1. The van der Waals surface area contributed by atoms with E-state index in [1.807, 2.05) is 13.0 Å². The van der Waals surface area contributed by atoms with Gasteiger partial charge in [-0.25, -0.2) is 9.97 Å². The monoisotopic (exact) mass is 290 g/mol. The molecular formula is C8H11AgN2O3. The second-order valence-electron chi connectivity index (χ2n) is 2.35. The Balaban J connectivity index is 0. The molecule has 0 amide bonds. The Morgan fingerprint density at radius 2 is 2.14 bits per heavy atom. The van der Waals surface area contributed by atoms with Gasteiger partial charge in [0, 0.05) is 11.9 Å². The quantitative estimate of drug-likeness (QED) is 0.664. The molecule has 0 bridgehead atoms. The molecular weight excluding hydrogens is 280 g/mol. The van der Waals surface area contributed by atoms with Gasteiger partial charge in [0.2, 0.25) is 0 Å². The van der Waals surface area contributed by atoms with E-state index in [1.54, 1.807) is 6.20 Å². The number of aliphatic hydroxyl groups is 1. The van der Waals surface area contributed by atoms with Crippen LogP contribution in [0.2, 0.25) is 0 Å². The van der Waals surface area contributed by atoms with Gasteiger partial charge < -0.3 is 15.0 Å². The molecule has 0 radical (unpaired) electrons. The average Bonchev–Trinajstić information content (AvgIpc) is 2.06. The molecule has 1 rings (SSSR count). The summed E-state index contributed by atoms with van der Waals surface area (Å²) in [5.74, 6) is -1.44. The summed E-state index contributed by atoms with van der Waals surface area (Å²) in [6.07, 6.45) is 1.92. The van der Waals surface area contributed by atoms with Crippen LogP contribution in [0, 0.1) is 6.92 Å². The van der Waals surface area contributed by atoms with Gasteiger partial charge in [-0.3, -0.25) is 0 Å². The first-order chi connectivity index (χ1) is 6.04. The van der Waals surface area contributed by atoms with Crippen LogP contribution >= 0.6 is 0 Å². The molecule has 0 spiro atoms. The van der Waals surface area contributed by atoms with Crippen LogP contribution in [-0.4, -0.2) is 27.1 Å². The summed E-state index contributed by atoms with van der Waals surface area (Å²) in [4.78, 5) is 16.9. The van der Waals surface area contributed by atoms with E-state index in [4.69, 9.17) is 5.11 Å². The Bertz CT molecular complexity index is 254. The Morgan fingerprint density at radius 1 is 1.64 bits per heavy atom. The fourth-order valence-corrected chi connectivity index (χ4v) is 0.357. The summed E-state index contributed by atoms with van der Waals surface area (Å²) >= 11 is 0. The molecule has 6 heteroatoms. The van der Waals surface area contributed by atoms with Crippen molar-refractivity contribution in [1.29, 1.82) is 0 Å². The summed E-state index contributed by atoms with van der Waals surface area (Å²) in [5, 5.41) is 17.3. The summed E-state index contributed by atoms with van der Waals surface area (Å²) in [7, 11) is 0. The van der Waals surface area contributed by atoms with Crippen molar-refractivity contribution in [2.24, 2.45) is 0 Å². The maximum absolute atomic E-state index is 9.34. The first-order valence-electron chi connectivity index (χ1n) is 3.65. The Labute approximate surface area is 97.7 Å². The number of aliphatic carboxylic acids is 1. The van der Waals surface area contributed by atoms with Gasteiger partial charge in [-0.1, -0.05) is 0 Å². The van der Waals surface area contributed by atoms with E-state index >= 15 is 0 Å². The summed E-state index contributed by atoms with van der Waals surface area (Å²) < 4.78 is 0. The van der Waals surface area contributed by atoms with Gasteiger partial charge in [0.1, 0.15) is 6.33 Å². The van der Waals surface area contributed by atoms with Gasteiger partial charge in [0.25, 0.3) is 0 Å². The van der Waals surface area contributed by atoms with Crippen molar-refractivity contribution >= 4 is 5.97 Å². The maximum atomic E-state index is 9.34. The maximum Gasteiger partial charge on any atom is 1.00 e. The van der Waals surface area contributed by atoms with Crippen LogP contribution in [0.3, 0.4) is 0 Å². The van der Waals surface area contributed by atoms with E-state index in [0.29, 0.717) is 0 Å². The second kappa shape index (κ2) is 8.83. The number of carboxylic acids is 1. The van der Waals surface area contributed by atoms with Crippen molar-refractivity contribution in [2.45, 2.75) is 20.0 Å². The number of rotatable bonds is 1. The predicted molar refractivity (Wildman–Crippen MR) is 43.5 cm³/mol. The average molecular weight is 291 g/mol. The van der Waals surface area contributed by atoms with Gasteiger partial charge in [-0.05, 0) is 19.9 Å². The third kappa shape index (κ3) is 9.34. The van der Waals surface area contributed by atoms with Crippen molar-refractivity contribution in [2.75, 3.05) is 0 Å². The number of carbonyl (C=O) groups excluding carboxylic acids is 1. The normalized spacial score (nSPS) is 10.2. The van der Waals surface area contributed by atoms with Crippen molar-refractivity contribution in [3.63, 3.8) is 0 Å². The molecule has 1 atom stereocenters. The number of hydrogen-bond acceptors (Lipinski definition) is 5. The second-order valence-corrected chi connectivity index (χ2v) is 2.35. The minimum Gasteiger partial charge on any atom is -0.547 e. The molecule has 0 aliphatic rings. The van der Waals surface area contributed by atoms with E-state index < -0.39 is 12.1 Å². The molecule has 1 aromatic rings. The van der Waals surface area contributed by atoms with Gasteiger partial charge in [0.05, 0.1) is 12.1 Å². The number of nitrogens with zero attached hydrogens (tertiary/aromatic N) is 2. The van der Waals surface area contributed by atoms with Crippen LogP contribution in [0.15, 0.2) is 18.6 Å². The van der Waals surface area contributed by atoms with Crippen LogP contribution in [0.1, 0.15) is 12.6 Å². The third-order valence-corrected chi connectivity index (χ3v) is 1.07. The zero-order chi connectivity index (χ0) is 10.3. The van der Waals surface area contributed by atoms with Gasteiger partial charge in [-0.15, -0.1) is 0 Å². The molecule has 0 aliphatic carbocycles. The number of aliphatic hydroxyl groups excluding tert-OH is 1. The van der Waals surface area contributed by atoms with Gasteiger partial charge in [0.15, 0.2) is 0 Å². The molecule has 14 heavy (non-hydrogen) atoms. The number of aryl methyl sites for hydroxylation is 1. The predicted octanol–water partition coefficient (Wildman–Crippen LogP) is -1.10. The van der Waals surface area contributed by atoms with Crippen molar-refractivity contribution < 1.29 is 37.4 Å². The molecule has 0 aromatic carbocycles. The zero-order valence-electron chi connectivity index (χ0n) is 7.77. The van der Waals surface area contributed by atoms with E-state index in [2.05, 4.69) is 9.97 Å². The molecule has 1 aromatic heterocycles. The summed E-state index contributed by atoms with van der Waals surface area (Å²) in [6, 6.07) is 1.86. The van der Waals surface area contributed by atoms with Crippen LogP contribution in [-0.2, 0) is 27.2 Å². The summed E-state index contributed by atoms with van der Waals surface area (Å²) in [6.45, 7) is 3.07. The molecule has 0 saturated heterocycles. The topological polar surface area (TPSA) is 86.1 Å². The minimum absolute atomic E-state index is 0. The van der Waals surface area contributed by atoms with Crippen LogP contribution < -0.4 is 5.11 Å². The van der Waals surface area contributed by atoms with Crippen LogP contribution in [0.25, 0.3) is 0 Å². The van der Waals surface area contributed by atoms with Gasteiger partial charge in [-0.2, -0.15) is 0 Å². The smallest absolute Gasteiger partial charge is 0.547 e. The molecule has 0 saturated carbocycles. The molecule has 1 heterocycles. The molecule has 5 nitrogen and oxygen atoms in total. The Morgan fingerprint density at radius 3 is 2.29 bits per heavy atom.